The zero-order valence-corrected chi connectivity index (χ0v) is 19.1. The van der Waals surface area contributed by atoms with Crippen LogP contribution in [0.4, 0.5) is 5.69 Å². The van der Waals surface area contributed by atoms with Crippen LogP contribution in [0, 0.1) is 0 Å². The summed E-state index contributed by atoms with van der Waals surface area (Å²) in [7, 11) is 0. The number of H-pyrrole nitrogens is 1. The predicted octanol–water partition coefficient (Wildman–Crippen LogP) is 4.07. The summed E-state index contributed by atoms with van der Waals surface area (Å²) in [5.41, 5.74) is 8.94. The number of carbonyl (C=O) groups excluding carboxylic acids is 3. The fraction of sp³-hybridized carbons (Fsp3) is 0.148. The molecule has 0 bridgehead atoms. The average molecular weight is 472 g/mol. The highest BCUT2D eigenvalue weighted by molar-refractivity contribution is 6.06. The zero-order valence-electron chi connectivity index (χ0n) is 19.1. The number of anilines is 1. The molecule has 0 spiro atoms. The van der Waals surface area contributed by atoms with Crippen molar-refractivity contribution in [2.45, 2.75) is 19.4 Å². The quantitative estimate of drug-likeness (QED) is 0.263. The van der Waals surface area contributed by atoms with Gasteiger partial charge in [0, 0.05) is 22.8 Å². The molecule has 178 valence electrons. The molecule has 0 radical (unpaired) electrons. The first kappa shape index (κ1) is 23.7. The van der Waals surface area contributed by atoms with E-state index in [1.807, 2.05) is 30.3 Å². The second kappa shape index (κ2) is 10.7. The van der Waals surface area contributed by atoms with Crippen LogP contribution in [0.3, 0.4) is 0 Å². The maximum absolute atomic E-state index is 12.8. The Morgan fingerprint density at radius 1 is 0.971 bits per heavy atom. The van der Waals surface area contributed by atoms with E-state index in [4.69, 9.17) is 15.2 Å². The maximum atomic E-state index is 12.8. The zero-order chi connectivity index (χ0) is 24.8. The molecule has 0 saturated carbocycles. The Hall–Kier alpha value is -4.43. The number of nitrogens with two attached hydrogens (primary N) is 1. The highest BCUT2D eigenvalue weighted by Crippen LogP contribution is 2.24. The molecular formula is C27H25N3O5. The van der Waals surface area contributed by atoms with Gasteiger partial charge in [0.1, 0.15) is 5.75 Å². The number of aromatic nitrogens is 1. The Bertz CT molecular complexity index is 1350. The molecule has 4 N–H and O–H groups in total. The van der Waals surface area contributed by atoms with Gasteiger partial charge in [-0.05, 0) is 61.4 Å². The van der Waals surface area contributed by atoms with Crippen LogP contribution in [-0.2, 0) is 16.0 Å². The first-order valence-electron chi connectivity index (χ1n) is 11.2. The minimum absolute atomic E-state index is 0.275. The number of rotatable bonds is 8. The number of hydrogen-bond donors (Lipinski definition) is 3. The molecule has 0 unspecified atom stereocenters. The Morgan fingerprint density at radius 3 is 2.43 bits per heavy atom. The van der Waals surface area contributed by atoms with Crippen molar-refractivity contribution in [1.29, 1.82) is 0 Å². The highest BCUT2D eigenvalue weighted by Gasteiger charge is 2.18. The monoisotopic (exact) mass is 471 g/mol. The molecule has 1 aromatic heterocycles. The number of esters is 2. The van der Waals surface area contributed by atoms with E-state index in [2.05, 4.69) is 10.3 Å². The van der Waals surface area contributed by atoms with Gasteiger partial charge >= 0.3 is 11.9 Å². The summed E-state index contributed by atoms with van der Waals surface area (Å²) in [5.74, 6) is -1.06. The predicted molar refractivity (Wildman–Crippen MR) is 132 cm³/mol. The van der Waals surface area contributed by atoms with Crippen molar-refractivity contribution in [3.8, 4) is 5.75 Å². The smallest absolute Gasteiger partial charge is 0.345 e. The van der Waals surface area contributed by atoms with E-state index in [-0.39, 0.29) is 18.3 Å². The molecule has 1 heterocycles. The minimum Gasteiger partial charge on any atom is -0.462 e. The van der Waals surface area contributed by atoms with E-state index in [1.54, 1.807) is 31.3 Å². The Kier molecular flexibility index (Phi) is 7.23. The Labute approximate surface area is 202 Å². The third-order valence-corrected chi connectivity index (χ3v) is 5.38. The number of nitrogens with one attached hydrogen (secondary N) is 2. The van der Waals surface area contributed by atoms with Gasteiger partial charge in [-0.3, -0.25) is 4.79 Å². The summed E-state index contributed by atoms with van der Waals surface area (Å²) >= 11 is 0. The van der Waals surface area contributed by atoms with Crippen molar-refractivity contribution in [2.75, 3.05) is 11.9 Å². The van der Waals surface area contributed by atoms with Crippen LogP contribution in [0.5, 0.6) is 5.75 Å². The maximum Gasteiger partial charge on any atom is 0.345 e. The molecule has 1 atom stereocenters. The van der Waals surface area contributed by atoms with E-state index < -0.39 is 18.0 Å². The van der Waals surface area contributed by atoms with Gasteiger partial charge in [0.05, 0.1) is 23.8 Å². The van der Waals surface area contributed by atoms with Crippen molar-refractivity contribution in [1.82, 2.24) is 4.98 Å². The lowest BCUT2D eigenvalue weighted by atomic mass is 10.1. The van der Waals surface area contributed by atoms with Gasteiger partial charge in [-0.25, -0.2) is 9.59 Å². The van der Waals surface area contributed by atoms with E-state index in [0.29, 0.717) is 34.1 Å². The second-order valence-corrected chi connectivity index (χ2v) is 7.88. The fourth-order valence-electron chi connectivity index (χ4n) is 3.60. The number of aromatic amines is 1. The molecule has 4 aromatic rings. The van der Waals surface area contributed by atoms with Crippen LogP contribution in [-0.4, -0.2) is 35.5 Å². The van der Waals surface area contributed by atoms with Crippen molar-refractivity contribution in [2.24, 2.45) is 5.73 Å². The number of benzene rings is 3. The van der Waals surface area contributed by atoms with Gasteiger partial charge < -0.3 is 25.5 Å². The molecule has 0 aliphatic carbocycles. The number of ether oxygens (including phenoxy) is 2. The number of carbonyl (C=O) groups is 3. The fourth-order valence-corrected chi connectivity index (χ4v) is 3.60. The Morgan fingerprint density at radius 2 is 1.71 bits per heavy atom. The standard InChI is InChI=1S/C27H25N3O5/c1-2-34-26(32)18-8-11-20(12-9-18)35-27(33)22-16-29-24-13-10-19(15-21(22)24)30-25(31)23(28)14-17-6-4-3-5-7-17/h3-13,15-16,23,29H,2,14,28H2,1H3,(H,30,31)/t23-/m0/s1. The molecule has 1 amide bonds. The van der Waals surface area contributed by atoms with Crippen LogP contribution < -0.4 is 15.8 Å². The van der Waals surface area contributed by atoms with Gasteiger partial charge in [0.2, 0.25) is 5.91 Å². The lowest BCUT2D eigenvalue weighted by molar-refractivity contribution is -0.117. The number of hydrogen-bond acceptors (Lipinski definition) is 6. The third-order valence-electron chi connectivity index (χ3n) is 5.38. The summed E-state index contributed by atoms with van der Waals surface area (Å²) < 4.78 is 10.4. The lowest BCUT2D eigenvalue weighted by Crippen LogP contribution is -2.37. The minimum atomic E-state index is -0.721. The van der Waals surface area contributed by atoms with E-state index in [0.717, 1.165) is 5.56 Å². The molecule has 0 saturated heterocycles. The van der Waals surface area contributed by atoms with Crippen LogP contribution in [0.1, 0.15) is 33.2 Å². The summed E-state index contributed by atoms with van der Waals surface area (Å²) in [6.07, 6.45) is 1.96. The summed E-state index contributed by atoms with van der Waals surface area (Å²) in [4.78, 5) is 40.2. The molecule has 0 aliphatic rings. The van der Waals surface area contributed by atoms with Crippen molar-refractivity contribution in [3.63, 3.8) is 0 Å². The van der Waals surface area contributed by atoms with E-state index in [9.17, 15) is 14.4 Å². The largest absolute Gasteiger partial charge is 0.462 e. The molecule has 0 fully saturated rings. The second-order valence-electron chi connectivity index (χ2n) is 7.88. The van der Waals surface area contributed by atoms with E-state index in [1.165, 1.54) is 24.3 Å². The van der Waals surface area contributed by atoms with Crippen molar-refractivity contribution < 1.29 is 23.9 Å². The summed E-state index contributed by atoms with van der Waals surface area (Å²) in [6.45, 7) is 2.00. The van der Waals surface area contributed by atoms with Gasteiger partial charge in [0.25, 0.3) is 0 Å². The average Bonchev–Trinajstić information content (AvgIpc) is 3.28. The molecule has 8 nitrogen and oxygen atoms in total. The SMILES string of the molecule is CCOC(=O)c1ccc(OC(=O)c2c[nH]c3ccc(NC(=O)[C@@H](N)Cc4ccccc4)cc23)cc1. The lowest BCUT2D eigenvalue weighted by Gasteiger charge is -2.12. The molecular weight excluding hydrogens is 446 g/mol. The van der Waals surface area contributed by atoms with Gasteiger partial charge in [0.15, 0.2) is 0 Å². The topological polar surface area (TPSA) is 124 Å². The van der Waals surface area contributed by atoms with Gasteiger partial charge in [-0.1, -0.05) is 30.3 Å². The van der Waals surface area contributed by atoms with Crippen molar-refractivity contribution >= 4 is 34.4 Å². The van der Waals surface area contributed by atoms with Crippen LogP contribution in [0.2, 0.25) is 0 Å². The normalized spacial score (nSPS) is 11.6. The number of amides is 1. The van der Waals surface area contributed by atoms with Crippen molar-refractivity contribution in [3.05, 3.63) is 95.7 Å². The van der Waals surface area contributed by atoms with E-state index >= 15 is 0 Å². The Balaban J connectivity index is 1.45. The molecule has 4 rings (SSSR count). The third kappa shape index (κ3) is 5.74. The van der Waals surface area contributed by atoms with Crippen LogP contribution in [0.25, 0.3) is 10.9 Å². The van der Waals surface area contributed by atoms with Gasteiger partial charge in [-0.15, -0.1) is 0 Å². The van der Waals surface area contributed by atoms with Gasteiger partial charge in [-0.2, -0.15) is 0 Å². The molecule has 35 heavy (non-hydrogen) atoms. The first-order chi connectivity index (χ1) is 16.9. The molecule has 8 heteroatoms. The molecule has 3 aromatic carbocycles. The van der Waals surface area contributed by atoms with Crippen LogP contribution in [0.15, 0.2) is 79.0 Å². The summed E-state index contributed by atoms with van der Waals surface area (Å²) in [6, 6.07) is 20.1. The molecule has 0 aliphatic heterocycles. The highest BCUT2D eigenvalue weighted by atomic mass is 16.5. The first-order valence-corrected chi connectivity index (χ1v) is 11.2. The van der Waals surface area contributed by atoms with Crippen LogP contribution >= 0.6 is 0 Å². The summed E-state index contributed by atoms with van der Waals surface area (Å²) in [5, 5.41) is 3.40. The number of fused-ring (bicyclic) bond motifs is 1.